The minimum Gasteiger partial charge on any atom is -0.365 e. The Labute approximate surface area is 151 Å². The number of benzene rings is 1. The summed E-state index contributed by atoms with van der Waals surface area (Å²) in [6.45, 7) is 5.39. The van der Waals surface area contributed by atoms with Crippen molar-refractivity contribution in [2.45, 2.75) is 29.6 Å². The third-order valence-corrected chi connectivity index (χ3v) is 4.66. The van der Waals surface area contributed by atoms with Gasteiger partial charge in [0.25, 0.3) is 0 Å². The van der Waals surface area contributed by atoms with Gasteiger partial charge in [-0.25, -0.2) is 9.97 Å². The second kappa shape index (κ2) is 6.98. The zero-order valence-electron chi connectivity index (χ0n) is 12.9. The van der Waals surface area contributed by atoms with Crippen molar-refractivity contribution in [2.24, 2.45) is 0 Å². The molecular formula is C16H19Cl3N4. The molecule has 0 amide bonds. The predicted octanol–water partition coefficient (Wildman–Crippen LogP) is 4.35. The SMILES string of the molecule is CCN1CCCC(Nc2nc(C(Cl)(Cl)Cl)nc3ccccc23)C1. The molecule has 1 N–H and O–H groups in total. The van der Waals surface area contributed by atoms with Crippen LogP contribution in [0, 0.1) is 0 Å². The molecule has 1 atom stereocenters. The molecule has 1 aliphatic heterocycles. The van der Waals surface area contributed by atoms with Gasteiger partial charge in [0.05, 0.1) is 5.52 Å². The van der Waals surface area contributed by atoms with E-state index in [-0.39, 0.29) is 5.82 Å². The molecule has 0 spiro atoms. The lowest BCUT2D eigenvalue weighted by Gasteiger charge is -2.32. The number of anilines is 1. The molecule has 0 radical (unpaired) electrons. The van der Waals surface area contributed by atoms with E-state index in [4.69, 9.17) is 34.8 Å². The van der Waals surface area contributed by atoms with Crippen molar-refractivity contribution in [1.82, 2.24) is 14.9 Å². The molecule has 1 fully saturated rings. The summed E-state index contributed by atoms with van der Waals surface area (Å²) in [5.41, 5.74) is 0.773. The number of para-hydroxylation sites is 1. The number of aromatic nitrogens is 2. The highest BCUT2D eigenvalue weighted by Gasteiger charge is 2.28. The van der Waals surface area contributed by atoms with Crippen LogP contribution in [0.4, 0.5) is 5.82 Å². The minimum absolute atomic E-state index is 0.201. The van der Waals surface area contributed by atoms with E-state index < -0.39 is 3.79 Å². The van der Waals surface area contributed by atoms with Gasteiger partial charge in [-0.3, -0.25) is 0 Å². The fourth-order valence-corrected chi connectivity index (χ4v) is 3.22. The highest BCUT2D eigenvalue weighted by molar-refractivity contribution is 6.66. The standard InChI is InChI=1S/C16H19Cl3N4/c1-2-23-9-5-6-11(10-23)20-14-12-7-3-4-8-13(12)21-15(22-14)16(17,18)19/h3-4,7-8,11H,2,5-6,9-10H2,1H3,(H,20,21,22). The van der Waals surface area contributed by atoms with E-state index >= 15 is 0 Å². The number of nitrogens with one attached hydrogen (secondary N) is 1. The van der Waals surface area contributed by atoms with Crippen LogP contribution in [0.15, 0.2) is 24.3 Å². The first-order valence-electron chi connectivity index (χ1n) is 7.80. The van der Waals surface area contributed by atoms with Crippen LogP contribution in [-0.2, 0) is 3.79 Å². The normalized spacial score (nSPS) is 19.9. The van der Waals surface area contributed by atoms with Gasteiger partial charge >= 0.3 is 0 Å². The van der Waals surface area contributed by atoms with Crippen LogP contribution >= 0.6 is 34.8 Å². The Balaban J connectivity index is 1.95. The van der Waals surface area contributed by atoms with Crippen molar-refractivity contribution in [3.8, 4) is 0 Å². The van der Waals surface area contributed by atoms with Gasteiger partial charge in [0, 0.05) is 18.0 Å². The van der Waals surface area contributed by atoms with Crippen LogP contribution in [0.1, 0.15) is 25.6 Å². The Morgan fingerprint density at radius 2 is 2.04 bits per heavy atom. The van der Waals surface area contributed by atoms with Crippen LogP contribution in [-0.4, -0.2) is 40.5 Å². The molecule has 2 aromatic rings. The molecule has 1 saturated heterocycles. The second-order valence-electron chi connectivity index (χ2n) is 5.79. The maximum absolute atomic E-state index is 5.99. The molecule has 0 saturated carbocycles. The summed E-state index contributed by atoms with van der Waals surface area (Å²) < 4.78 is -1.64. The van der Waals surface area contributed by atoms with Gasteiger partial charge < -0.3 is 10.2 Å². The Bertz CT molecular complexity index is 687. The number of hydrogen-bond acceptors (Lipinski definition) is 4. The summed E-state index contributed by atoms with van der Waals surface area (Å²) in [5.74, 6) is 0.937. The molecule has 4 nitrogen and oxygen atoms in total. The molecule has 1 unspecified atom stereocenters. The van der Waals surface area contributed by atoms with Gasteiger partial charge in [0.2, 0.25) is 3.79 Å². The number of rotatable bonds is 3. The molecule has 0 bridgehead atoms. The topological polar surface area (TPSA) is 41.0 Å². The first-order valence-corrected chi connectivity index (χ1v) is 8.93. The van der Waals surface area contributed by atoms with Crippen LogP contribution in [0.5, 0.6) is 0 Å². The summed E-state index contributed by atoms with van der Waals surface area (Å²) in [6, 6.07) is 8.11. The Kier molecular flexibility index (Phi) is 5.16. The number of nitrogens with zero attached hydrogens (tertiary/aromatic N) is 3. The van der Waals surface area contributed by atoms with Crippen molar-refractivity contribution in [3.63, 3.8) is 0 Å². The van der Waals surface area contributed by atoms with E-state index in [0.717, 1.165) is 42.8 Å². The summed E-state index contributed by atoms with van der Waals surface area (Å²) in [6.07, 6.45) is 2.28. The molecular weight excluding hydrogens is 355 g/mol. The van der Waals surface area contributed by atoms with Gasteiger partial charge in [-0.15, -0.1) is 0 Å². The average Bonchev–Trinajstić information content (AvgIpc) is 2.54. The number of likely N-dealkylation sites (N-methyl/N-ethyl adjacent to an activating group) is 1. The van der Waals surface area contributed by atoms with E-state index in [1.54, 1.807) is 0 Å². The Morgan fingerprint density at radius 3 is 2.78 bits per heavy atom. The Hall–Kier alpha value is -0.810. The van der Waals surface area contributed by atoms with E-state index in [1.165, 1.54) is 6.42 Å². The van der Waals surface area contributed by atoms with Crippen LogP contribution in [0.25, 0.3) is 10.9 Å². The first kappa shape index (κ1) is 17.0. The summed E-state index contributed by atoms with van der Waals surface area (Å²) >= 11 is 18.0. The molecule has 3 rings (SSSR count). The molecule has 7 heteroatoms. The predicted molar refractivity (Wildman–Crippen MR) is 97.5 cm³/mol. The summed E-state index contributed by atoms with van der Waals surface area (Å²) in [7, 11) is 0. The van der Waals surface area contributed by atoms with Crippen molar-refractivity contribution in [3.05, 3.63) is 30.1 Å². The fourth-order valence-electron chi connectivity index (χ4n) is 2.97. The van der Waals surface area contributed by atoms with Crippen molar-refractivity contribution in [2.75, 3.05) is 25.0 Å². The van der Waals surface area contributed by atoms with Crippen molar-refractivity contribution < 1.29 is 0 Å². The lowest BCUT2D eigenvalue weighted by molar-refractivity contribution is 0.226. The maximum atomic E-state index is 5.99. The van der Waals surface area contributed by atoms with Crippen molar-refractivity contribution in [1.29, 1.82) is 0 Å². The van der Waals surface area contributed by atoms with Crippen LogP contribution < -0.4 is 5.32 Å². The van der Waals surface area contributed by atoms with Gasteiger partial charge in [-0.2, -0.15) is 0 Å². The molecule has 1 aliphatic rings. The van der Waals surface area contributed by atoms with Crippen LogP contribution in [0.2, 0.25) is 0 Å². The van der Waals surface area contributed by atoms with Gasteiger partial charge in [-0.1, -0.05) is 53.9 Å². The smallest absolute Gasteiger partial charge is 0.250 e. The monoisotopic (exact) mass is 372 g/mol. The average molecular weight is 374 g/mol. The highest BCUT2D eigenvalue weighted by Crippen LogP contribution is 2.37. The van der Waals surface area contributed by atoms with Gasteiger partial charge in [0.15, 0.2) is 5.82 Å². The quantitative estimate of drug-likeness (QED) is 0.812. The fraction of sp³-hybridized carbons (Fsp3) is 0.500. The van der Waals surface area contributed by atoms with Gasteiger partial charge in [0.1, 0.15) is 5.82 Å². The highest BCUT2D eigenvalue weighted by atomic mass is 35.6. The van der Waals surface area contributed by atoms with E-state index in [1.807, 2.05) is 24.3 Å². The molecule has 124 valence electrons. The third-order valence-electron chi connectivity index (χ3n) is 4.15. The lowest BCUT2D eigenvalue weighted by atomic mass is 10.1. The molecule has 1 aromatic heterocycles. The van der Waals surface area contributed by atoms with Crippen LogP contribution in [0.3, 0.4) is 0 Å². The molecule has 1 aromatic carbocycles. The summed E-state index contributed by atoms with van der Waals surface area (Å²) in [5, 5.41) is 4.48. The maximum Gasteiger partial charge on any atom is 0.250 e. The molecule has 0 aliphatic carbocycles. The minimum atomic E-state index is -1.64. The van der Waals surface area contributed by atoms with E-state index in [2.05, 4.69) is 27.1 Å². The zero-order chi connectivity index (χ0) is 16.4. The molecule has 23 heavy (non-hydrogen) atoms. The first-order chi connectivity index (χ1) is 11.0. The number of hydrogen-bond donors (Lipinski definition) is 1. The third kappa shape index (κ3) is 4.00. The zero-order valence-corrected chi connectivity index (χ0v) is 15.2. The van der Waals surface area contributed by atoms with E-state index in [0.29, 0.717) is 6.04 Å². The van der Waals surface area contributed by atoms with E-state index in [9.17, 15) is 0 Å². The second-order valence-corrected chi connectivity index (χ2v) is 8.07. The van der Waals surface area contributed by atoms with Crippen molar-refractivity contribution >= 4 is 51.5 Å². The number of piperidine rings is 1. The molecule has 2 heterocycles. The van der Waals surface area contributed by atoms with Gasteiger partial charge in [-0.05, 0) is 38.1 Å². The number of likely N-dealkylation sites (tertiary alicyclic amines) is 1. The Morgan fingerprint density at radius 1 is 1.26 bits per heavy atom. The number of alkyl halides is 3. The largest absolute Gasteiger partial charge is 0.365 e. The number of halogens is 3. The lowest BCUT2D eigenvalue weighted by Crippen LogP contribution is -2.42. The number of fused-ring (bicyclic) bond motifs is 1. The summed E-state index contributed by atoms with van der Waals surface area (Å²) in [4.78, 5) is 11.3.